The van der Waals surface area contributed by atoms with Crippen LogP contribution in [-0.2, 0) is 16.4 Å². The molecule has 1 aliphatic rings. The average Bonchev–Trinajstić information content (AvgIpc) is 3.00. The van der Waals surface area contributed by atoms with Crippen molar-refractivity contribution in [2.45, 2.75) is 31.8 Å². The maximum Gasteiger partial charge on any atom is 0.166 e. The molecular weight excluding hydrogens is 324 g/mol. The molecule has 0 spiro atoms. The smallest absolute Gasteiger partial charge is 0.166 e. The van der Waals surface area contributed by atoms with Crippen molar-refractivity contribution < 1.29 is 8.42 Å². The quantitative estimate of drug-likeness (QED) is 0.817. The summed E-state index contributed by atoms with van der Waals surface area (Å²) >= 11 is 3.49. The van der Waals surface area contributed by atoms with Crippen LogP contribution in [0.25, 0.3) is 0 Å². The van der Waals surface area contributed by atoms with E-state index in [9.17, 15) is 8.42 Å². The van der Waals surface area contributed by atoms with Crippen LogP contribution in [0.1, 0.15) is 18.7 Å². The predicted molar refractivity (Wildman–Crippen MR) is 92.8 cm³/mol. The standard InChI is InChI=1S/C14H24N2O2S3/c1-3-21(17,18)14-11-19-8-6-16(14)12(2)9-15-10-13-5-4-7-20-13/h4-5,7,12,14-15H,3,6,8-11H2,1-2H3. The van der Waals surface area contributed by atoms with Crippen LogP contribution < -0.4 is 5.32 Å². The molecule has 0 saturated carbocycles. The fourth-order valence-electron chi connectivity index (χ4n) is 2.54. The molecule has 0 aliphatic carbocycles. The molecule has 21 heavy (non-hydrogen) atoms. The molecule has 2 unspecified atom stereocenters. The van der Waals surface area contributed by atoms with E-state index in [0.29, 0.717) is 5.75 Å². The van der Waals surface area contributed by atoms with Crippen LogP contribution in [0.4, 0.5) is 0 Å². The second-order valence-corrected chi connectivity index (χ2v) is 9.91. The highest BCUT2D eigenvalue weighted by Gasteiger charge is 2.35. The van der Waals surface area contributed by atoms with Gasteiger partial charge in [0.25, 0.3) is 0 Å². The van der Waals surface area contributed by atoms with Crippen LogP contribution in [0.3, 0.4) is 0 Å². The molecule has 0 amide bonds. The summed E-state index contributed by atoms with van der Waals surface area (Å²) in [6.45, 7) is 6.40. The summed E-state index contributed by atoms with van der Waals surface area (Å²) < 4.78 is 24.5. The molecule has 1 fully saturated rings. The topological polar surface area (TPSA) is 49.4 Å². The number of nitrogens with zero attached hydrogens (tertiary/aromatic N) is 1. The Morgan fingerprint density at radius 1 is 1.52 bits per heavy atom. The third-order valence-electron chi connectivity index (χ3n) is 3.83. The third kappa shape index (κ3) is 4.69. The lowest BCUT2D eigenvalue weighted by Crippen LogP contribution is -2.54. The van der Waals surface area contributed by atoms with Gasteiger partial charge >= 0.3 is 0 Å². The number of hydrogen-bond acceptors (Lipinski definition) is 6. The molecule has 4 nitrogen and oxygen atoms in total. The zero-order valence-corrected chi connectivity index (χ0v) is 15.1. The fraction of sp³-hybridized carbons (Fsp3) is 0.714. The first-order valence-electron chi connectivity index (χ1n) is 7.32. The molecule has 7 heteroatoms. The number of sulfone groups is 1. The molecule has 0 radical (unpaired) electrons. The second-order valence-electron chi connectivity index (χ2n) is 5.28. The Hall–Kier alpha value is -0.0800. The first-order chi connectivity index (χ1) is 10.0. The van der Waals surface area contributed by atoms with E-state index in [2.05, 4.69) is 34.7 Å². The van der Waals surface area contributed by atoms with Crippen molar-refractivity contribution in [3.05, 3.63) is 22.4 Å². The molecular formula is C14H24N2O2S3. The Labute approximate surface area is 136 Å². The molecule has 2 heterocycles. The van der Waals surface area contributed by atoms with Crippen molar-refractivity contribution in [3.8, 4) is 0 Å². The molecule has 1 saturated heterocycles. The minimum absolute atomic E-state index is 0.226. The zero-order chi connectivity index (χ0) is 15.3. The maximum atomic E-state index is 12.3. The van der Waals surface area contributed by atoms with Crippen molar-refractivity contribution in [3.63, 3.8) is 0 Å². The van der Waals surface area contributed by atoms with Crippen molar-refractivity contribution in [2.75, 3.05) is 30.3 Å². The Morgan fingerprint density at radius 2 is 2.33 bits per heavy atom. The summed E-state index contributed by atoms with van der Waals surface area (Å²) in [6.07, 6.45) is 0. The van der Waals surface area contributed by atoms with E-state index >= 15 is 0 Å². The van der Waals surface area contributed by atoms with E-state index in [0.717, 1.165) is 25.4 Å². The van der Waals surface area contributed by atoms with Gasteiger partial charge in [-0.1, -0.05) is 13.0 Å². The summed E-state index contributed by atoms with van der Waals surface area (Å²) in [5, 5.41) is 5.20. The van der Waals surface area contributed by atoms with Crippen molar-refractivity contribution in [1.82, 2.24) is 10.2 Å². The molecule has 1 aromatic rings. The summed E-state index contributed by atoms with van der Waals surface area (Å²) in [5.74, 6) is 1.94. The number of rotatable bonds is 7. The fourth-order valence-corrected chi connectivity index (χ4v) is 6.34. The summed E-state index contributed by atoms with van der Waals surface area (Å²) in [5.41, 5.74) is 0. The molecule has 1 N–H and O–H groups in total. The SMILES string of the molecule is CCS(=O)(=O)C1CSCCN1C(C)CNCc1cccs1. The van der Waals surface area contributed by atoms with Crippen LogP contribution in [0.2, 0.25) is 0 Å². The lowest BCUT2D eigenvalue weighted by molar-refractivity contribution is 0.200. The van der Waals surface area contributed by atoms with Gasteiger partial charge in [-0.25, -0.2) is 8.42 Å². The molecule has 0 bridgehead atoms. The van der Waals surface area contributed by atoms with Crippen LogP contribution in [-0.4, -0.2) is 55.1 Å². The van der Waals surface area contributed by atoms with Gasteiger partial charge in [-0.2, -0.15) is 11.8 Å². The lowest BCUT2D eigenvalue weighted by atomic mass is 10.2. The minimum Gasteiger partial charge on any atom is -0.310 e. The van der Waals surface area contributed by atoms with E-state index in [1.807, 2.05) is 0 Å². The number of hydrogen-bond donors (Lipinski definition) is 1. The predicted octanol–water partition coefficient (Wildman–Crippen LogP) is 2.04. The second kappa shape index (κ2) is 7.97. The van der Waals surface area contributed by atoms with Gasteiger partial charge < -0.3 is 5.32 Å². The zero-order valence-electron chi connectivity index (χ0n) is 12.6. The molecule has 0 aromatic carbocycles. The average molecular weight is 349 g/mol. The number of thiophene rings is 1. The number of nitrogens with one attached hydrogen (secondary N) is 1. The van der Waals surface area contributed by atoms with E-state index in [-0.39, 0.29) is 17.2 Å². The van der Waals surface area contributed by atoms with Gasteiger partial charge in [0.05, 0.1) is 0 Å². The van der Waals surface area contributed by atoms with E-state index in [1.54, 1.807) is 30.0 Å². The van der Waals surface area contributed by atoms with Gasteiger partial charge in [0.15, 0.2) is 9.84 Å². The first-order valence-corrected chi connectivity index (χ1v) is 11.1. The van der Waals surface area contributed by atoms with Gasteiger partial charge in [-0.05, 0) is 18.4 Å². The normalized spacial score (nSPS) is 22.3. The first kappa shape index (κ1) is 17.3. The monoisotopic (exact) mass is 348 g/mol. The minimum atomic E-state index is -3.00. The van der Waals surface area contributed by atoms with Crippen LogP contribution >= 0.6 is 23.1 Å². The molecule has 2 rings (SSSR count). The Morgan fingerprint density at radius 3 is 3.00 bits per heavy atom. The van der Waals surface area contributed by atoms with Crippen LogP contribution in [0, 0.1) is 0 Å². The van der Waals surface area contributed by atoms with Gasteiger partial charge in [0.2, 0.25) is 0 Å². The van der Waals surface area contributed by atoms with Crippen molar-refractivity contribution >= 4 is 32.9 Å². The largest absolute Gasteiger partial charge is 0.310 e. The van der Waals surface area contributed by atoms with Gasteiger partial charge in [-0.3, -0.25) is 4.90 Å². The molecule has 2 atom stereocenters. The van der Waals surface area contributed by atoms with Crippen molar-refractivity contribution in [2.24, 2.45) is 0 Å². The lowest BCUT2D eigenvalue weighted by Gasteiger charge is -2.39. The molecule has 120 valence electrons. The van der Waals surface area contributed by atoms with Crippen LogP contribution in [0.5, 0.6) is 0 Å². The van der Waals surface area contributed by atoms with Gasteiger partial charge in [0.1, 0.15) is 5.37 Å². The van der Waals surface area contributed by atoms with E-state index < -0.39 is 9.84 Å². The Kier molecular flexibility index (Phi) is 6.55. The maximum absolute atomic E-state index is 12.3. The Bertz CT molecular complexity index is 516. The summed E-state index contributed by atoms with van der Waals surface area (Å²) in [4.78, 5) is 3.48. The highest BCUT2D eigenvalue weighted by molar-refractivity contribution is 8.01. The van der Waals surface area contributed by atoms with Gasteiger partial charge in [-0.15, -0.1) is 11.3 Å². The summed E-state index contributed by atoms with van der Waals surface area (Å²) in [7, 11) is -3.00. The molecule has 1 aromatic heterocycles. The molecule has 1 aliphatic heterocycles. The highest BCUT2D eigenvalue weighted by atomic mass is 32.2. The summed E-state index contributed by atoms with van der Waals surface area (Å²) in [6, 6.07) is 4.40. The number of thioether (sulfide) groups is 1. The third-order valence-corrected chi connectivity index (χ3v) is 8.01. The van der Waals surface area contributed by atoms with E-state index in [4.69, 9.17) is 0 Å². The Balaban J connectivity index is 1.90. The van der Waals surface area contributed by atoms with Crippen LogP contribution in [0.15, 0.2) is 17.5 Å². The van der Waals surface area contributed by atoms with Crippen molar-refractivity contribution in [1.29, 1.82) is 0 Å². The van der Waals surface area contributed by atoms with Gasteiger partial charge in [0, 0.05) is 47.8 Å². The highest BCUT2D eigenvalue weighted by Crippen LogP contribution is 2.23. The van der Waals surface area contributed by atoms with E-state index in [1.165, 1.54) is 4.88 Å².